The van der Waals surface area contributed by atoms with Crippen LogP contribution in [0.25, 0.3) is 10.8 Å². The molecule has 0 saturated carbocycles. The zero-order valence-corrected chi connectivity index (χ0v) is 12.0. The van der Waals surface area contributed by atoms with E-state index >= 15 is 0 Å². The van der Waals surface area contributed by atoms with Crippen LogP contribution in [0.15, 0.2) is 42.5 Å². The van der Waals surface area contributed by atoms with Crippen molar-refractivity contribution in [2.45, 2.75) is 26.4 Å². The van der Waals surface area contributed by atoms with Gasteiger partial charge in [0.25, 0.3) is 0 Å². The van der Waals surface area contributed by atoms with Crippen LogP contribution < -0.4 is 5.32 Å². The molecule has 106 valence electrons. The fourth-order valence-electron chi connectivity index (χ4n) is 2.19. The number of carbonyl (C=O) groups excluding carboxylic acids is 1. The Hall–Kier alpha value is -1.87. The lowest BCUT2D eigenvalue weighted by Gasteiger charge is -2.13. The van der Waals surface area contributed by atoms with E-state index in [9.17, 15) is 9.90 Å². The molecule has 3 nitrogen and oxygen atoms in total. The van der Waals surface area contributed by atoms with Gasteiger partial charge in [-0.25, -0.2) is 0 Å². The summed E-state index contributed by atoms with van der Waals surface area (Å²) in [5, 5.41) is 15.2. The summed E-state index contributed by atoms with van der Waals surface area (Å²) in [7, 11) is 0. The highest BCUT2D eigenvalue weighted by Gasteiger charge is 2.10. The summed E-state index contributed by atoms with van der Waals surface area (Å²) in [5.74, 6) is 0.313. The molecular weight excluding hydrogens is 250 g/mol. The third kappa shape index (κ3) is 3.81. The number of carbonyl (C=O) groups is 1. The second-order valence-corrected chi connectivity index (χ2v) is 5.52. The zero-order valence-electron chi connectivity index (χ0n) is 12.0. The number of amides is 1. The monoisotopic (exact) mass is 271 g/mol. The fraction of sp³-hybridized carbons (Fsp3) is 0.353. The van der Waals surface area contributed by atoms with Gasteiger partial charge in [-0.2, -0.15) is 0 Å². The molecule has 0 aliphatic carbocycles. The molecule has 2 rings (SSSR count). The Kier molecular flexibility index (Phi) is 4.74. The van der Waals surface area contributed by atoms with E-state index in [1.54, 1.807) is 0 Å². The second-order valence-electron chi connectivity index (χ2n) is 5.52. The van der Waals surface area contributed by atoms with E-state index < -0.39 is 6.10 Å². The highest BCUT2D eigenvalue weighted by Crippen LogP contribution is 2.20. The maximum Gasteiger partial charge on any atom is 0.220 e. The van der Waals surface area contributed by atoms with Crippen molar-refractivity contribution in [1.29, 1.82) is 0 Å². The molecule has 1 amide bonds. The average Bonchev–Trinajstić information content (AvgIpc) is 2.43. The number of nitrogens with one attached hydrogen (secondary N) is 1. The molecule has 0 fully saturated rings. The van der Waals surface area contributed by atoms with Crippen molar-refractivity contribution >= 4 is 16.7 Å². The predicted octanol–water partition coefficient (Wildman–Crippen LogP) is 3.04. The van der Waals surface area contributed by atoms with E-state index in [4.69, 9.17) is 0 Å². The molecular formula is C17H21NO2. The van der Waals surface area contributed by atoms with Gasteiger partial charge in [0.05, 0.1) is 6.10 Å². The SMILES string of the molecule is CC(C)CC(=O)NCC(O)c1ccc2ccccc2c1. The molecule has 2 aromatic carbocycles. The van der Waals surface area contributed by atoms with Crippen molar-refractivity contribution in [3.63, 3.8) is 0 Å². The summed E-state index contributed by atoms with van der Waals surface area (Å²) in [5.41, 5.74) is 0.827. The molecule has 2 N–H and O–H groups in total. The van der Waals surface area contributed by atoms with Gasteiger partial charge in [-0.15, -0.1) is 0 Å². The minimum atomic E-state index is -0.671. The van der Waals surface area contributed by atoms with E-state index in [2.05, 4.69) is 5.32 Å². The number of hydrogen-bond acceptors (Lipinski definition) is 2. The summed E-state index contributed by atoms with van der Waals surface area (Å²) >= 11 is 0. The molecule has 3 heteroatoms. The first-order valence-corrected chi connectivity index (χ1v) is 6.99. The smallest absolute Gasteiger partial charge is 0.220 e. The normalized spacial score (nSPS) is 12.6. The van der Waals surface area contributed by atoms with E-state index in [0.717, 1.165) is 16.3 Å². The third-order valence-electron chi connectivity index (χ3n) is 3.24. The summed E-state index contributed by atoms with van der Waals surface area (Å²) < 4.78 is 0. The Morgan fingerprint density at radius 1 is 1.15 bits per heavy atom. The highest BCUT2D eigenvalue weighted by molar-refractivity contribution is 5.83. The number of benzene rings is 2. The van der Waals surface area contributed by atoms with Gasteiger partial charge in [0, 0.05) is 13.0 Å². The van der Waals surface area contributed by atoms with E-state index in [1.165, 1.54) is 0 Å². The predicted molar refractivity (Wildman–Crippen MR) is 81.4 cm³/mol. The molecule has 0 heterocycles. The minimum absolute atomic E-state index is 0.0140. The van der Waals surface area contributed by atoms with E-state index in [1.807, 2.05) is 56.3 Å². The van der Waals surface area contributed by atoms with Crippen LogP contribution in [-0.4, -0.2) is 17.6 Å². The number of rotatable bonds is 5. The first-order valence-electron chi connectivity index (χ1n) is 6.99. The summed E-state index contributed by atoms with van der Waals surface area (Å²) in [6.45, 7) is 4.25. The van der Waals surface area contributed by atoms with Crippen molar-refractivity contribution in [3.8, 4) is 0 Å². The zero-order chi connectivity index (χ0) is 14.5. The lowest BCUT2D eigenvalue weighted by molar-refractivity contribution is -0.122. The van der Waals surface area contributed by atoms with Crippen LogP contribution in [0.4, 0.5) is 0 Å². The molecule has 2 aromatic rings. The van der Waals surface area contributed by atoms with Crippen LogP contribution in [0, 0.1) is 5.92 Å². The van der Waals surface area contributed by atoms with Crippen LogP contribution in [0.3, 0.4) is 0 Å². The van der Waals surface area contributed by atoms with Gasteiger partial charge < -0.3 is 10.4 Å². The van der Waals surface area contributed by atoms with Crippen molar-refractivity contribution in [3.05, 3.63) is 48.0 Å². The number of fused-ring (bicyclic) bond motifs is 1. The average molecular weight is 271 g/mol. The van der Waals surface area contributed by atoms with E-state index in [0.29, 0.717) is 12.3 Å². The largest absolute Gasteiger partial charge is 0.387 e. The molecule has 0 aliphatic heterocycles. The van der Waals surface area contributed by atoms with Gasteiger partial charge in [-0.05, 0) is 28.3 Å². The van der Waals surface area contributed by atoms with Crippen molar-refractivity contribution in [2.75, 3.05) is 6.54 Å². The van der Waals surface area contributed by atoms with Crippen LogP contribution >= 0.6 is 0 Å². The lowest BCUT2D eigenvalue weighted by atomic mass is 10.0. The molecule has 20 heavy (non-hydrogen) atoms. The molecule has 0 radical (unpaired) electrons. The number of aliphatic hydroxyl groups excluding tert-OH is 1. The molecule has 0 aromatic heterocycles. The van der Waals surface area contributed by atoms with Crippen molar-refractivity contribution in [1.82, 2.24) is 5.32 Å². The molecule has 0 aliphatic rings. The molecule has 0 saturated heterocycles. The molecule has 1 atom stereocenters. The summed E-state index contributed by atoms with van der Waals surface area (Å²) in [6.07, 6.45) is -0.180. The van der Waals surface area contributed by atoms with Crippen LogP contribution in [0.2, 0.25) is 0 Å². The second kappa shape index (κ2) is 6.53. The minimum Gasteiger partial charge on any atom is -0.387 e. The maximum absolute atomic E-state index is 11.6. The maximum atomic E-state index is 11.6. The number of hydrogen-bond donors (Lipinski definition) is 2. The molecule has 1 unspecified atom stereocenters. The van der Waals surface area contributed by atoms with Gasteiger partial charge in [-0.1, -0.05) is 50.2 Å². The van der Waals surface area contributed by atoms with Crippen LogP contribution in [-0.2, 0) is 4.79 Å². The van der Waals surface area contributed by atoms with Gasteiger partial charge in [0.2, 0.25) is 5.91 Å². The molecule has 0 bridgehead atoms. The van der Waals surface area contributed by atoms with Gasteiger partial charge in [-0.3, -0.25) is 4.79 Å². The lowest BCUT2D eigenvalue weighted by Crippen LogP contribution is -2.29. The highest BCUT2D eigenvalue weighted by atomic mass is 16.3. The Morgan fingerprint density at radius 3 is 2.55 bits per heavy atom. The van der Waals surface area contributed by atoms with Gasteiger partial charge in [0.15, 0.2) is 0 Å². The third-order valence-corrected chi connectivity index (χ3v) is 3.24. The summed E-state index contributed by atoms with van der Waals surface area (Å²) in [4.78, 5) is 11.6. The quantitative estimate of drug-likeness (QED) is 0.878. The van der Waals surface area contributed by atoms with Crippen LogP contribution in [0.1, 0.15) is 31.9 Å². The standard InChI is InChI=1S/C17H21NO2/c1-12(2)9-17(20)18-11-16(19)15-8-7-13-5-3-4-6-14(13)10-15/h3-8,10,12,16,19H,9,11H2,1-2H3,(H,18,20). The van der Waals surface area contributed by atoms with E-state index in [-0.39, 0.29) is 12.5 Å². The summed E-state index contributed by atoms with van der Waals surface area (Å²) in [6, 6.07) is 13.9. The van der Waals surface area contributed by atoms with Crippen molar-refractivity contribution in [2.24, 2.45) is 5.92 Å². The first kappa shape index (κ1) is 14.5. The van der Waals surface area contributed by atoms with Gasteiger partial charge in [0.1, 0.15) is 0 Å². The number of aliphatic hydroxyl groups is 1. The first-order chi connectivity index (χ1) is 9.56. The Balaban J connectivity index is 2.00. The van der Waals surface area contributed by atoms with Gasteiger partial charge >= 0.3 is 0 Å². The molecule has 0 spiro atoms. The Labute approximate surface area is 119 Å². The fourth-order valence-corrected chi connectivity index (χ4v) is 2.19. The van der Waals surface area contributed by atoms with Crippen molar-refractivity contribution < 1.29 is 9.90 Å². The Morgan fingerprint density at radius 2 is 1.85 bits per heavy atom. The van der Waals surface area contributed by atoms with Crippen LogP contribution in [0.5, 0.6) is 0 Å². The Bertz CT molecular complexity index is 592. The topological polar surface area (TPSA) is 49.3 Å².